The number of halogens is 1. The van der Waals surface area contributed by atoms with Gasteiger partial charge in [-0.05, 0) is 35.9 Å². The van der Waals surface area contributed by atoms with Crippen LogP contribution in [0.25, 0.3) is 10.2 Å². The predicted molar refractivity (Wildman–Crippen MR) is 86.4 cm³/mol. The van der Waals surface area contributed by atoms with Gasteiger partial charge in [-0.1, -0.05) is 23.7 Å². The summed E-state index contributed by atoms with van der Waals surface area (Å²) in [5, 5.41) is 0.514. The van der Waals surface area contributed by atoms with Gasteiger partial charge in [0.2, 0.25) is 14.2 Å². The molecule has 0 bridgehead atoms. The van der Waals surface area contributed by atoms with Crippen LogP contribution in [0.4, 0.5) is 5.69 Å². The lowest BCUT2D eigenvalue weighted by molar-refractivity contribution is 0.594. The normalized spacial score (nSPS) is 11.9. The molecule has 2 N–H and O–H groups in total. The van der Waals surface area contributed by atoms with Gasteiger partial charge in [-0.15, -0.1) is 11.3 Å². The van der Waals surface area contributed by atoms with Crippen molar-refractivity contribution in [2.75, 3.05) is 5.73 Å². The third-order valence-corrected chi connectivity index (χ3v) is 6.30. The molecule has 0 amide bonds. The summed E-state index contributed by atoms with van der Waals surface area (Å²) in [5.41, 5.74) is 7.56. The Balaban J connectivity index is 2.00. The molecule has 7 heteroatoms. The minimum atomic E-state index is -3.50. The van der Waals surface area contributed by atoms with Crippen LogP contribution in [0.3, 0.4) is 0 Å². The fourth-order valence-corrected chi connectivity index (χ4v) is 4.85. The molecule has 3 rings (SSSR count). The van der Waals surface area contributed by atoms with Gasteiger partial charge >= 0.3 is 0 Å². The summed E-state index contributed by atoms with van der Waals surface area (Å²) >= 11 is 7.01. The predicted octanol–water partition coefficient (Wildman–Crippen LogP) is 3.51. The van der Waals surface area contributed by atoms with E-state index < -0.39 is 9.84 Å². The largest absolute Gasteiger partial charge is 0.399 e. The topological polar surface area (TPSA) is 73.0 Å². The van der Waals surface area contributed by atoms with Crippen molar-refractivity contribution >= 4 is 48.7 Å². The number of anilines is 1. The molecule has 0 aliphatic carbocycles. The summed E-state index contributed by atoms with van der Waals surface area (Å²) in [6.45, 7) is 0. The maximum Gasteiger partial charge on any atom is 0.210 e. The first-order valence-corrected chi connectivity index (χ1v) is 8.92. The molecule has 108 valence electrons. The van der Waals surface area contributed by atoms with Crippen molar-refractivity contribution in [3.8, 4) is 0 Å². The first-order valence-electron chi connectivity index (χ1n) is 6.07. The van der Waals surface area contributed by atoms with Crippen molar-refractivity contribution in [2.24, 2.45) is 0 Å². The molecule has 4 nitrogen and oxygen atoms in total. The highest BCUT2D eigenvalue weighted by molar-refractivity contribution is 7.92. The molecule has 1 heterocycles. The minimum Gasteiger partial charge on any atom is -0.399 e. The van der Waals surface area contributed by atoms with Crippen LogP contribution in [0, 0.1) is 0 Å². The van der Waals surface area contributed by atoms with E-state index in [0.29, 0.717) is 21.8 Å². The molecule has 3 aromatic rings. The Hall–Kier alpha value is -1.63. The molecule has 0 saturated carbocycles. The number of thiazole rings is 1. The molecule has 0 atom stereocenters. The van der Waals surface area contributed by atoms with E-state index in [1.807, 2.05) is 0 Å². The Morgan fingerprint density at radius 3 is 2.76 bits per heavy atom. The maximum atomic E-state index is 12.4. The summed E-state index contributed by atoms with van der Waals surface area (Å²) in [5.74, 6) is -0.122. The number of nitrogens with two attached hydrogens (primary N) is 1. The van der Waals surface area contributed by atoms with Gasteiger partial charge in [0.1, 0.15) is 0 Å². The lowest BCUT2D eigenvalue weighted by Crippen LogP contribution is -2.04. The number of aromatic nitrogens is 1. The van der Waals surface area contributed by atoms with Crippen LogP contribution < -0.4 is 5.73 Å². The number of benzene rings is 2. The van der Waals surface area contributed by atoms with E-state index in [1.165, 1.54) is 0 Å². The highest BCUT2D eigenvalue weighted by Crippen LogP contribution is 2.29. The highest BCUT2D eigenvalue weighted by atomic mass is 35.5. The molecule has 0 saturated heterocycles. The molecule has 0 aliphatic rings. The summed E-state index contributed by atoms with van der Waals surface area (Å²) < 4.78 is 25.7. The first-order chi connectivity index (χ1) is 9.94. The van der Waals surface area contributed by atoms with Crippen molar-refractivity contribution in [1.82, 2.24) is 4.98 Å². The lowest BCUT2D eigenvalue weighted by Gasteiger charge is -2.01. The summed E-state index contributed by atoms with van der Waals surface area (Å²) in [4.78, 5) is 4.19. The van der Waals surface area contributed by atoms with Gasteiger partial charge in [-0.3, -0.25) is 0 Å². The number of nitrogens with zero attached hydrogens (tertiary/aromatic N) is 1. The van der Waals surface area contributed by atoms with Crippen LogP contribution in [0.2, 0.25) is 5.02 Å². The Morgan fingerprint density at radius 1 is 1.19 bits per heavy atom. The molecule has 0 radical (unpaired) electrons. The zero-order valence-corrected chi connectivity index (χ0v) is 13.2. The van der Waals surface area contributed by atoms with Gasteiger partial charge in [0.25, 0.3) is 0 Å². The van der Waals surface area contributed by atoms with Crippen LogP contribution in [0.15, 0.2) is 46.8 Å². The van der Waals surface area contributed by atoms with E-state index >= 15 is 0 Å². The highest BCUT2D eigenvalue weighted by Gasteiger charge is 2.20. The van der Waals surface area contributed by atoms with Gasteiger partial charge in [0.15, 0.2) is 0 Å². The van der Waals surface area contributed by atoms with Crippen molar-refractivity contribution < 1.29 is 8.42 Å². The number of rotatable bonds is 3. The molecule has 0 aliphatic heterocycles. The SMILES string of the molecule is Nc1ccc2nc(S(=O)(=O)Cc3cccc(Cl)c3)sc2c1. The molecule has 21 heavy (non-hydrogen) atoms. The van der Waals surface area contributed by atoms with E-state index in [0.717, 1.165) is 16.0 Å². The van der Waals surface area contributed by atoms with E-state index in [1.54, 1.807) is 42.5 Å². The van der Waals surface area contributed by atoms with Crippen LogP contribution >= 0.6 is 22.9 Å². The molecule has 2 aromatic carbocycles. The van der Waals surface area contributed by atoms with Gasteiger partial charge in [-0.2, -0.15) is 0 Å². The van der Waals surface area contributed by atoms with E-state index in [9.17, 15) is 8.42 Å². The quantitative estimate of drug-likeness (QED) is 0.742. The van der Waals surface area contributed by atoms with Crippen LogP contribution in [-0.2, 0) is 15.6 Å². The first kappa shape index (κ1) is 14.3. The number of hydrogen-bond donors (Lipinski definition) is 1. The van der Waals surface area contributed by atoms with E-state index in [2.05, 4.69) is 4.98 Å². The average molecular weight is 339 g/mol. The maximum absolute atomic E-state index is 12.4. The smallest absolute Gasteiger partial charge is 0.210 e. The average Bonchev–Trinajstić information content (AvgIpc) is 2.82. The van der Waals surface area contributed by atoms with Crippen LogP contribution in [-0.4, -0.2) is 13.4 Å². The number of fused-ring (bicyclic) bond motifs is 1. The molecule has 0 spiro atoms. The Bertz CT molecular complexity index is 920. The molecule has 0 unspecified atom stereocenters. The molecular weight excluding hydrogens is 328 g/mol. The second kappa shape index (κ2) is 5.29. The van der Waals surface area contributed by atoms with Gasteiger partial charge < -0.3 is 5.73 Å². The monoisotopic (exact) mass is 338 g/mol. The van der Waals surface area contributed by atoms with Gasteiger partial charge in [0, 0.05) is 10.7 Å². The second-order valence-electron chi connectivity index (χ2n) is 4.60. The van der Waals surface area contributed by atoms with Crippen LogP contribution in [0.1, 0.15) is 5.56 Å². The third-order valence-electron chi connectivity index (χ3n) is 2.90. The molecular formula is C14H11ClN2O2S2. The van der Waals surface area contributed by atoms with Gasteiger partial charge in [0.05, 0.1) is 16.0 Å². The lowest BCUT2D eigenvalue weighted by atomic mass is 10.2. The Labute approximate surface area is 131 Å². The van der Waals surface area contributed by atoms with Crippen LogP contribution in [0.5, 0.6) is 0 Å². The zero-order valence-electron chi connectivity index (χ0n) is 10.8. The molecule has 0 fully saturated rings. The van der Waals surface area contributed by atoms with Gasteiger partial charge in [-0.25, -0.2) is 13.4 Å². The van der Waals surface area contributed by atoms with E-state index in [4.69, 9.17) is 17.3 Å². The Morgan fingerprint density at radius 2 is 2.00 bits per heavy atom. The van der Waals surface area contributed by atoms with Crippen molar-refractivity contribution in [1.29, 1.82) is 0 Å². The second-order valence-corrected chi connectivity index (χ2v) is 8.23. The fraction of sp³-hybridized carbons (Fsp3) is 0.0714. The third kappa shape index (κ3) is 3.02. The van der Waals surface area contributed by atoms with Crippen molar-refractivity contribution in [3.63, 3.8) is 0 Å². The minimum absolute atomic E-state index is 0.100. The Kier molecular flexibility index (Phi) is 3.61. The summed E-state index contributed by atoms with van der Waals surface area (Å²) in [6.07, 6.45) is 0. The van der Waals surface area contributed by atoms with E-state index in [-0.39, 0.29) is 10.1 Å². The summed E-state index contributed by atoms with van der Waals surface area (Å²) in [7, 11) is -3.50. The number of sulfone groups is 1. The number of nitrogen functional groups attached to an aromatic ring is 1. The zero-order chi connectivity index (χ0) is 15.0. The van der Waals surface area contributed by atoms with Crippen molar-refractivity contribution in [2.45, 2.75) is 10.1 Å². The molecule has 1 aromatic heterocycles. The van der Waals surface area contributed by atoms with Crippen molar-refractivity contribution in [3.05, 3.63) is 53.1 Å². The fourth-order valence-electron chi connectivity index (χ4n) is 1.96. The number of hydrogen-bond acceptors (Lipinski definition) is 5. The summed E-state index contributed by atoms with van der Waals surface area (Å²) in [6, 6.07) is 12.0. The standard InChI is InChI=1S/C14H11ClN2O2S2/c15-10-3-1-2-9(6-10)8-21(18,19)14-17-12-5-4-11(16)7-13(12)20-14/h1-7H,8,16H2.